The van der Waals surface area contributed by atoms with Gasteiger partial charge in [0.2, 0.25) is 5.91 Å². The third-order valence-electron chi connectivity index (χ3n) is 4.33. The van der Waals surface area contributed by atoms with Gasteiger partial charge in [-0.3, -0.25) is 14.3 Å². The summed E-state index contributed by atoms with van der Waals surface area (Å²) in [5, 5.41) is 5.45. The number of sulfonamides is 1. The summed E-state index contributed by atoms with van der Waals surface area (Å²) < 4.78 is 40.2. The van der Waals surface area contributed by atoms with E-state index in [1.54, 1.807) is 18.2 Å². The number of aryl methyl sites for hydroxylation is 1. The predicted octanol–water partition coefficient (Wildman–Crippen LogP) is 3.96. The van der Waals surface area contributed by atoms with Crippen LogP contribution in [0, 0.1) is 12.7 Å². The van der Waals surface area contributed by atoms with Crippen LogP contribution in [0.3, 0.4) is 0 Å². The molecule has 3 aromatic rings. The molecule has 0 bridgehead atoms. The second-order valence-electron chi connectivity index (χ2n) is 6.85. The normalized spacial score (nSPS) is 11.0. The van der Waals surface area contributed by atoms with Crippen LogP contribution < -0.4 is 15.4 Å². The number of halogens is 2. The zero-order chi connectivity index (χ0) is 23.3. The first-order chi connectivity index (χ1) is 15.1. The molecule has 3 aromatic carbocycles. The van der Waals surface area contributed by atoms with E-state index in [9.17, 15) is 22.4 Å². The Labute approximate surface area is 189 Å². The van der Waals surface area contributed by atoms with Crippen molar-refractivity contribution >= 4 is 44.8 Å². The van der Waals surface area contributed by atoms with Crippen molar-refractivity contribution in [3.05, 3.63) is 88.7 Å². The molecule has 3 N–H and O–H groups in total. The summed E-state index contributed by atoms with van der Waals surface area (Å²) in [5.74, 6) is -1.50. The maximum atomic E-state index is 13.0. The molecular formula is C22H19ClFN3O4S. The zero-order valence-electron chi connectivity index (χ0n) is 16.9. The number of rotatable bonds is 7. The Kier molecular flexibility index (Phi) is 7.12. The van der Waals surface area contributed by atoms with E-state index in [0.717, 1.165) is 17.7 Å². The van der Waals surface area contributed by atoms with E-state index in [1.165, 1.54) is 36.4 Å². The Hall–Kier alpha value is -3.43. The lowest BCUT2D eigenvalue weighted by atomic mass is 10.2. The van der Waals surface area contributed by atoms with Gasteiger partial charge in [0.25, 0.3) is 15.9 Å². The van der Waals surface area contributed by atoms with E-state index in [2.05, 4.69) is 15.4 Å². The van der Waals surface area contributed by atoms with E-state index >= 15 is 0 Å². The van der Waals surface area contributed by atoms with Gasteiger partial charge in [0, 0.05) is 11.3 Å². The van der Waals surface area contributed by atoms with Crippen molar-refractivity contribution in [2.24, 2.45) is 0 Å². The van der Waals surface area contributed by atoms with Crippen molar-refractivity contribution in [1.82, 2.24) is 5.32 Å². The Bertz CT molecular complexity index is 1250. The topological polar surface area (TPSA) is 104 Å². The van der Waals surface area contributed by atoms with E-state index in [-0.39, 0.29) is 22.7 Å². The lowest BCUT2D eigenvalue weighted by Crippen LogP contribution is -2.32. The number of hydrogen-bond donors (Lipinski definition) is 3. The quantitative estimate of drug-likeness (QED) is 0.481. The molecule has 0 atom stereocenters. The van der Waals surface area contributed by atoms with Gasteiger partial charge in [-0.05, 0) is 73.2 Å². The average Bonchev–Trinajstić information content (AvgIpc) is 2.75. The molecule has 0 aromatic heterocycles. The highest BCUT2D eigenvalue weighted by Crippen LogP contribution is 2.22. The van der Waals surface area contributed by atoms with Gasteiger partial charge in [-0.15, -0.1) is 0 Å². The first-order valence-electron chi connectivity index (χ1n) is 9.37. The molecule has 3 rings (SSSR count). The highest BCUT2D eigenvalue weighted by atomic mass is 35.5. The number of anilines is 2. The number of carbonyl (C=O) groups excluding carboxylic acids is 2. The number of nitrogens with one attached hydrogen (secondary N) is 3. The van der Waals surface area contributed by atoms with Crippen LogP contribution in [0.15, 0.2) is 71.6 Å². The minimum absolute atomic E-state index is 0.0786. The summed E-state index contributed by atoms with van der Waals surface area (Å²) in [6.45, 7) is 1.57. The predicted molar refractivity (Wildman–Crippen MR) is 121 cm³/mol. The Morgan fingerprint density at radius 1 is 0.969 bits per heavy atom. The largest absolute Gasteiger partial charge is 0.343 e. The molecule has 0 saturated carbocycles. The van der Waals surface area contributed by atoms with Crippen molar-refractivity contribution < 1.29 is 22.4 Å². The van der Waals surface area contributed by atoms with Crippen LogP contribution in [0.5, 0.6) is 0 Å². The van der Waals surface area contributed by atoms with Gasteiger partial charge >= 0.3 is 0 Å². The van der Waals surface area contributed by atoms with Crippen molar-refractivity contribution in [2.45, 2.75) is 11.8 Å². The molecule has 0 fully saturated rings. The van der Waals surface area contributed by atoms with E-state index in [0.29, 0.717) is 10.7 Å². The van der Waals surface area contributed by atoms with Crippen molar-refractivity contribution in [2.75, 3.05) is 16.6 Å². The molecule has 0 spiro atoms. The molecule has 0 aliphatic heterocycles. The Balaban J connectivity index is 1.58. The van der Waals surface area contributed by atoms with E-state index in [1.807, 2.05) is 6.92 Å². The van der Waals surface area contributed by atoms with Gasteiger partial charge in [-0.25, -0.2) is 12.8 Å². The van der Waals surface area contributed by atoms with E-state index < -0.39 is 27.7 Å². The maximum Gasteiger partial charge on any atom is 0.261 e. The van der Waals surface area contributed by atoms with Gasteiger partial charge < -0.3 is 10.6 Å². The maximum absolute atomic E-state index is 13.0. The standard InChI is InChI=1S/C22H19ClFN3O4S/c1-14-2-11-20(19(23)12-14)26-21(28)13-25-22(29)15-3-9-18(10-4-15)32(30,31)27-17-7-5-16(24)6-8-17/h2-12,27H,13H2,1H3,(H,25,29)(H,26,28). The van der Waals surface area contributed by atoms with Gasteiger partial charge in [-0.1, -0.05) is 17.7 Å². The summed E-state index contributed by atoms with van der Waals surface area (Å²) in [5.41, 5.74) is 1.75. The van der Waals surface area contributed by atoms with Crippen LogP contribution >= 0.6 is 11.6 Å². The van der Waals surface area contributed by atoms with Gasteiger partial charge in [0.05, 0.1) is 22.2 Å². The van der Waals surface area contributed by atoms with Crippen molar-refractivity contribution in [3.63, 3.8) is 0 Å². The van der Waals surface area contributed by atoms with Gasteiger partial charge in [0.15, 0.2) is 0 Å². The third-order valence-corrected chi connectivity index (χ3v) is 6.04. The molecule has 32 heavy (non-hydrogen) atoms. The molecule has 0 saturated heterocycles. The van der Waals surface area contributed by atoms with Crippen LogP contribution in [0.25, 0.3) is 0 Å². The number of hydrogen-bond acceptors (Lipinski definition) is 4. The molecule has 0 aliphatic rings. The number of carbonyl (C=O) groups is 2. The highest BCUT2D eigenvalue weighted by Gasteiger charge is 2.16. The van der Waals surface area contributed by atoms with Crippen LogP contribution in [0.1, 0.15) is 15.9 Å². The first-order valence-corrected chi connectivity index (χ1v) is 11.2. The van der Waals surface area contributed by atoms with Crippen LogP contribution in [-0.2, 0) is 14.8 Å². The second-order valence-corrected chi connectivity index (χ2v) is 8.94. The molecule has 0 unspecified atom stereocenters. The van der Waals surface area contributed by atoms with Crippen LogP contribution in [0.4, 0.5) is 15.8 Å². The Morgan fingerprint density at radius 3 is 2.25 bits per heavy atom. The number of benzene rings is 3. The summed E-state index contributed by atoms with van der Waals surface area (Å²) in [6.07, 6.45) is 0. The van der Waals surface area contributed by atoms with Gasteiger partial charge in [-0.2, -0.15) is 0 Å². The smallest absolute Gasteiger partial charge is 0.261 e. The van der Waals surface area contributed by atoms with Gasteiger partial charge in [0.1, 0.15) is 5.82 Å². The molecule has 2 amide bonds. The molecular weight excluding hydrogens is 457 g/mol. The average molecular weight is 476 g/mol. The fourth-order valence-electron chi connectivity index (χ4n) is 2.70. The number of amides is 2. The zero-order valence-corrected chi connectivity index (χ0v) is 18.4. The SMILES string of the molecule is Cc1ccc(NC(=O)CNC(=O)c2ccc(S(=O)(=O)Nc3ccc(F)cc3)cc2)c(Cl)c1. The highest BCUT2D eigenvalue weighted by molar-refractivity contribution is 7.92. The fraction of sp³-hybridized carbons (Fsp3) is 0.0909. The summed E-state index contributed by atoms with van der Waals surface area (Å²) >= 11 is 6.07. The summed E-state index contributed by atoms with van der Waals surface area (Å²) in [6, 6.07) is 15.2. The second kappa shape index (κ2) is 9.80. The van der Waals surface area contributed by atoms with Crippen LogP contribution in [0.2, 0.25) is 5.02 Å². The summed E-state index contributed by atoms with van der Waals surface area (Å²) in [4.78, 5) is 24.3. The molecule has 10 heteroatoms. The summed E-state index contributed by atoms with van der Waals surface area (Å²) in [7, 11) is -3.92. The lowest BCUT2D eigenvalue weighted by molar-refractivity contribution is -0.115. The van der Waals surface area contributed by atoms with Crippen molar-refractivity contribution in [1.29, 1.82) is 0 Å². The van der Waals surface area contributed by atoms with Crippen LogP contribution in [-0.4, -0.2) is 26.8 Å². The molecule has 0 aliphatic carbocycles. The third kappa shape index (κ3) is 6.05. The monoisotopic (exact) mass is 475 g/mol. The molecule has 0 radical (unpaired) electrons. The first kappa shape index (κ1) is 23.2. The molecule has 0 heterocycles. The molecule has 7 nitrogen and oxygen atoms in total. The minimum Gasteiger partial charge on any atom is -0.343 e. The van der Waals surface area contributed by atoms with E-state index in [4.69, 9.17) is 11.6 Å². The minimum atomic E-state index is -3.92. The lowest BCUT2D eigenvalue weighted by Gasteiger charge is -2.10. The van der Waals surface area contributed by atoms with Crippen molar-refractivity contribution in [3.8, 4) is 0 Å². The fourth-order valence-corrected chi connectivity index (χ4v) is 4.04. The molecule has 166 valence electrons. The Morgan fingerprint density at radius 2 is 1.62 bits per heavy atom.